The van der Waals surface area contributed by atoms with E-state index in [-0.39, 0.29) is 11.5 Å². The van der Waals surface area contributed by atoms with E-state index in [1.54, 1.807) is 50.2 Å². The molecule has 0 aromatic heterocycles. The largest absolute Gasteiger partial charge is 0.495 e. The van der Waals surface area contributed by atoms with Gasteiger partial charge in [0, 0.05) is 37.4 Å². The van der Waals surface area contributed by atoms with Crippen molar-refractivity contribution in [3.8, 4) is 11.5 Å². The maximum absolute atomic E-state index is 14.3. The van der Waals surface area contributed by atoms with E-state index in [4.69, 9.17) is 14.2 Å². The van der Waals surface area contributed by atoms with E-state index in [0.717, 1.165) is 12.1 Å². The van der Waals surface area contributed by atoms with Gasteiger partial charge in [-0.3, -0.25) is 4.79 Å². The van der Waals surface area contributed by atoms with Gasteiger partial charge in [-0.2, -0.15) is 0 Å². The summed E-state index contributed by atoms with van der Waals surface area (Å²) in [7, 11) is 3.18. The lowest BCUT2D eigenvalue weighted by Crippen LogP contribution is -2.31. The summed E-state index contributed by atoms with van der Waals surface area (Å²) in [5, 5.41) is 10.4. The predicted molar refractivity (Wildman–Crippen MR) is 127 cm³/mol. The third-order valence-electron chi connectivity index (χ3n) is 5.09. The van der Waals surface area contributed by atoms with Crippen LogP contribution in [0, 0.1) is 11.6 Å². The summed E-state index contributed by atoms with van der Waals surface area (Å²) in [6.07, 6.45) is 0.779. The zero-order chi connectivity index (χ0) is 24.5. The number of halogens is 3. The molecule has 0 saturated carbocycles. The Morgan fingerprint density at radius 2 is 1.82 bits per heavy atom. The van der Waals surface area contributed by atoms with Crippen LogP contribution in [0.2, 0.25) is 0 Å². The molecule has 9 heteroatoms. The van der Waals surface area contributed by atoms with Crippen molar-refractivity contribution >= 4 is 34.1 Å². The Balaban J connectivity index is 2.20. The number of carbonyl (C=O) groups is 1. The molecule has 1 atom stereocenters. The zero-order valence-electron chi connectivity index (χ0n) is 18.8. The van der Waals surface area contributed by atoms with Gasteiger partial charge >= 0.3 is 5.97 Å². The van der Waals surface area contributed by atoms with Gasteiger partial charge in [0.25, 0.3) is 0 Å². The first-order valence-electron chi connectivity index (χ1n) is 9.98. The van der Waals surface area contributed by atoms with Crippen LogP contribution in [0.5, 0.6) is 11.5 Å². The number of hydrogen-bond acceptors (Lipinski definition) is 6. The van der Waals surface area contributed by atoms with E-state index >= 15 is 0 Å². The first-order valence-corrected chi connectivity index (χ1v) is 11.1. The van der Waals surface area contributed by atoms with Crippen LogP contribution in [0.25, 0.3) is 5.57 Å². The molecule has 2 aromatic rings. The van der Waals surface area contributed by atoms with Gasteiger partial charge in [-0.05, 0) is 66.3 Å². The third-order valence-corrected chi connectivity index (χ3v) is 6.14. The lowest BCUT2D eigenvalue weighted by molar-refractivity contribution is -0.154. The number of methoxy groups -OCH3 is 1. The Hall–Kier alpha value is -2.66. The predicted octanol–water partition coefficient (Wildman–Crippen LogP) is 5.45. The number of hydrogen-bond donors (Lipinski definition) is 1. The van der Waals surface area contributed by atoms with Crippen LogP contribution in [0.4, 0.5) is 8.78 Å². The molecule has 33 heavy (non-hydrogen) atoms. The Labute approximate surface area is 204 Å². The second-order valence-corrected chi connectivity index (χ2v) is 9.12. The van der Waals surface area contributed by atoms with Gasteiger partial charge in [0.2, 0.25) is 0 Å². The van der Waals surface area contributed by atoms with Crippen molar-refractivity contribution < 1.29 is 32.9 Å². The van der Waals surface area contributed by atoms with Crippen molar-refractivity contribution in [3.05, 3.63) is 74.7 Å². The molecule has 2 aromatic carbocycles. The van der Waals surface area contributed by atoms with Crippen molar-refractivity contribution in [3.63, 3.8) is 0 Å². The summed E-state index contributed by atoms with van der Waals surface area (Å²) >= 11 is 2.00. The molecule has 176 valence electrons. The molecule has 0 aliphatic carbocycles. The molecule has 6 nitrogen and oxygen atoms in total. The van der Waals surface area contributed by atoms with E-state index in [9.17, 15) is 18.7 Å². The van der Waals surface area contributed by atoms with E-state index < -0.39 is 29.4 Å². The van der Waals surface area contributed by atoms with Gasteiger partial charge in [0.15, 0.2) is 17.8 Å². The van der Waals surface area contributed by atoms with Gasteiger partial charge in [0.05, 0.1) is 10.7 Å². The normalized spacial score (nSPS) is 16.5. The summed E-state index contributed by atoms with van der Waals surface area (Å²) < 4.78 is 45.1. The monoisotopic (exact) mass is 571 g/mol. The van der Waals surface area contributed by atoms with E-state index in [1.165, 1.54) is 20.1 Å². The van der Waals surface area contributed by atoms with Crippen LogP contribution in [0.15, 0.2) is 51.9 Å². The second kappa shape index (κ2) is 9.68. The molecule has 1 N–H and O–H groups in total. The Bertz CT molecular complexity index is 1150. The van der Waals surface area contributed by atoms with Gasteiger partial charge in [-0.25, -0.2) is 8.78 Å². The van der Waals surface area contributed by atoms with Gasteiger partial charge < -0.3 is 24.2 Å². The smallest absolute Gasteiger partial charge is 0.303 e. The van der Waals surface area contributed by atoms with Gasteiger partial charge in [0.1, 0.15) is 22.9 Å². The number of ether oxygens (including phenoxy) is 3. The average molecular weight is 571 g/mol. The first kappa shape index (κ1) is 25.0. The minimum Gasteiger partial charge on any atom is -0.495 e. The fraction of sp³-hybridized carbons (Fsp3) is 0.292. The molecule has 0 spiro atoms. The Kier molecular flexibility index (Phi) is 7.32. The van der Waals surface area contributed by atoms with E-state index in [0.29, 0.717) is 26.0 Å². The lowest BCUT2D eigenvalue weighted by Gasteiger charge is -2.31. The number of aliphatic hydroxyl groups excluding tert-OH is 1. The van der Waals surface area contributed by atoms with Crippen molar-refractivity contribution in [1.29, 1.82) is 0 Å². The minimum atomic E-state index is -0.967. The summed E-state index contributed by atoms with van der Waals surface area (Å²) in [6, 6.07) is 8.11. The zero-order valence-corrected chi connectivity index (χ0v) is 20.9. The molecule has 0 fully saturated rings. The highest BCUT2D eigenvalue weighted by atomic mass is 127. The van der Waals surface area contributed by atoms with Crippen LogP contribution in [0.1, 0.15) is 31.9 Å². The molecule has 0 radical (unpaired) electrons. The highest BCUT2D eigenvalue weighted by Gasteiger charge is 2.31. The van der Waals surface area contributed by atoms with E-state index in [1.807, 2.05) is 22.6 Å². The third kappa shape index (κ3) is 5.30. The summed E-state index contributed by atoms with van der Waals surface area (Å²) in [4.78, 5) is 13.2. The molecular formula is C24H24F2INO5. The fourth-order valence-corrected chi connectivity index (χ4v) is 4.41. The molecule has 0 bridgehead atoms. The van der Waals surface area contributed by atoms with Crippen LogP contribution >= 0.6 is 22.6 Å². The van der Waals surface area contributed by atoms with Crippen molar-refractivity contribution in [2.75, 3.05) is 14.2 Å². The number of likely N-dealkylation sites (N-methyl/N-ethyl adjacent to an activating group) is 1. The minimum absolute atomic E-state index is 0.160. The second-order valence-electron chi connectivity index (χ2n) is 7.95. The highest BCUT2D eigenvalue weighted by molar-refractivity contribution is 14.1. The molecule has 1 aliphatic heterocycles. The fourth-order valence-electron chi connectivity index (χ4n) is 3.46. The van der Waals surface area contributed by atoms with Gasteiger partial charge in [-0.15, -0.1) is 0 Å². The molecule has 0 amide bonds. The molecule has 1 heterocycles. The molecular weight excluding hydrogens is 547 g/mol. The highest BCUT2D eigenvalue weighted by Crippen LogP contribution is 2.42. The lowest BCUT2D eigenvalue weighted by atomic mass is 9.92. The summed E-state index contributed by atoms with van der Waals surface area (Å²) in [5.74, 6) is -1.50. The number of allylic oxidation sites excluding steroid dienone is 1. The maximum atomic E-state index is 14.3. The van der Waals surface area contributed by atoms with Crippen LogP contribution in [-0.2, 0) is 19.9 Å². The molecule has 3 rings (SSSR count). The van der Waals surface area contributed by atoms with Gasteiger partial charge in [-0.1, -0.05) is 6.07 Å². The number of aliphatic hydroxyl groups is 1. The standard InChI is InChI=1S/C24H24F2INO5/c1-13(29)33-24(2,3)14-6-8-19(32-20-9-7-15(25)11-18(20)26)16(10-14)17-12-28(4)23(30)21(27)22(17)31-5/h6-12,23,30H,1-5H3. The molecule has 1 aliphatic rings. The number of rotatable bonds is 6. The number of esters is 1. The van der Waals surface area contributed by atoms with Crippen molar-refractivity contribution in [2.45, 2.75) is 32.6 Å². The first-order chi connectivity index (χ1) is 15.4. The van der Waals surface area contributed by atoms with Crippen LogP contribution in [-0.4, -0.2) is 36.4 Å². The summed E-state index contributed by atoms with van der Waals surface area (Å²) in [5.41, 5.74) is 0.749. The SMILES string of the molecule is COC1=C(I)C(O)N(C)C=C1c1cc(C(C)(C)OC(C)=O)ccc1Oc1ccc(F)cc1F. The van der Waals surface area contributed by atoms with Crippen LogP contribution in [0.3, 0.4) is 0 Å². The van der Waals surface area contributed by atoms with E-state index in [2.05, 4.69) is 0 Å². The number of carbonyl (C=O) groups excluding carboxylic acids is 1. The van der Waals surface area contributed by atoms with Crippen molar-refractivity contribution in [2.24, 2.45) is 0 Å². The van der Waals surface area contributed by atoms with Crippen molar-refractivity contribution in [1.82, 2.24) is 4.90 Å². The maximum Gasteiger partial charge on any atom is 0.303 e. The number of nitrogens with zero attached hydrogens (tertiary/aromatic N) is 1. The molecule has 0 saturated heterocycles. The Morgan fingerprint density at radius 1 is 1.15 bits per heavy atom. The Morgan fingerprint density at radius 3 is 2.42 bits per heavy atom. The average Bonchev–Trinajstić information content (AvgIpc) is 2.73. The topological polar surface area (TPSA) is 68.2 Å². The quantitative estimate of drug-likeness (QED) is 0.368. The molecule has 1 unspecified atom stereocenters. The summed E-state index contributed by atoms with van der Waals surface area (Å²) in [6.45, 7) is 4.82. The number of benzene rings is 2. The van der Waals surface area contributed by atoms with Crippen LogP contribution < -0.4 is 4.74 Å².